The predicted octanol–water partition coefficient (Wildman–Crippen LogP) is 12.3. The molecule has 0 saturated carbocycles. The Bertz CT molecular complexity index is 3260. The Labute approximate surface area is 307 Å². The van der Waals surface area contributed by atoms with E-state index in [0.29, 0.717) is 23.3 Å². The van der Waals surface area contributed by atoms with E-state index in [2.05, 4.69) is 111 Å². The summed E-state index contributed by atoms with van der Waals surface area (Å²) in [6.45, 7) is 8.06. The molecule has 246 valence electrons. The standard InChI is InChI=1S/C46H26N6S/c1-47-29-23-26-40(51-37-19-9-7-17-32(37)34-24-25-35-33-18-8-12-22-41(33)53-43(35)42(34)51)36(27-29)45-48-44(28-13-3-2-4-14-28)49-46(50-45)52-38-20-10-5-15-30(38)31-16-6-11-21-39(31)52/h2-27H. The van der Waals surface area contributed by atoms with E-state index in [4.69, 9.17) is 21.5 Å². The smallest absolute Gasteiger partial charge is 0.238 e. The van der Waals surface area contributed by atoms with Crippen LogP contribution in [0.1, 0.15) is 0 Å². The first-order valence-corrected chi connectivity index (χ1v) is 18.2. The van der Waals surface area contributed by atoms with Gasteiger partial charge in [-0.1, -0.05) is 121 Å². The third-order valence-electron chi connectivity index (χ3n) is 10.2. The molecule has 53 heavy (non-hydrogen) atoms. The zero-order valence-electron chi connectivity index (χ0n) is 28.1. The number of rotatable bonds is 4. The minimum atomic E-state index is 0.491. The van der Waals surface area contributed by atoms with E-state index >= 15 is 0 Å². The summed E-state index contributed by atoms with van der Waals surface area (Å²) in [6, 6.07) is 54.3. The molecule has 0 aliphatic carbocycles. The van der Waals surface area contributed by atoms with Crippen molar-refractivity contribution in [1.29, 1.82) is 0 Å². The number of nitrogens with zero attached hydrogens (tertiary/aromatic N) is 6. The molecule has 7 heteroatoms. The van der Waals surface area contributed by atoms with Gasteiger partial charge in [-0.25, -0.2) is 9.83 Å². The molecule has 6 nitrogen and oxygen atoms in total. The van der Waals surface area contributed by atoms with Crippen molar-refractivity contribution in [2.24, 2.45) is 0 Å². The van der Waals surface area contributed by atoms with Gasteiger partial charge in [-0.05, 0) is 36.4 Å². The fraction of sp³-hybridized carbons (Fsp3) is 0. The number of thiophene rings is 1. The van der Waals surface area contributed by atoms with Crippen LogP contribution in [0.2, 0.25) is 0 Å². The fourth-order valence-electron chi connectivity index (χ4n) is 7.89. The van der Waals surface area contributed by atoms with Gasteiger partial charge in [-0.2, -0.15) is 9.97 Å². The van der Waals surface area contributed by atoms with Crippen LogP contribution < -0.4 is 0 Å². The molecule has 4 aromatic heterocycles. The lowest BCUT2D eigenvalue weighted by Gasteiger charge is -2.16. The molecule has 0 spiro atoms. The van der Waals surface area contributed by atoms with Gasteiger partial charge in [0.1, 0.15) is 0 Å². The highest BCUT2D eigenvalue weighted by molar-refractivity contribution is 7.26. The van der Waals surface area contributed by atoms with Gasteiger partial charge in [0, 0.05) is 48.1 Å². The van der Waals surface area contributed by atoms with Gasteiger partial charge in [0.25, 0.3) is 0 Å². The van der Waals surface area contributed by atoms with Gasteiger partial charge >= 0.3 is 0 Å². The molecule has 7 aromatic carbocycles. The number of fused-ring (bicyclic) bond motifs is 10. The molecule has 0 fully saturated rings. The van der Waals surface area contributed by atoms with Gasteiger partial charge < -0.3 is 4.57 Å². The second kappa shape index (κ2) is 11.4. The van der Waals surface area contributed by atoms with Crippen LogP contribution in [0.25, 0.3) is 103 Å². The Hall–Kier alpha value is -7.14. The first-order chi connectivity index (χ1) is 26.2. The van der Waals surface area contributed by atoms with Crippen LogP contribution in [-0.2, 0) is 0 Å². The topological polar surface area (TPSA) is 52.9 Å². The van der Waals surface area contributed by atoms with Crippen LogP contribution in [0.4, 0.5) is 5.69 Å². The van der Waals surface area contributed by atoms with Crippen LogP contribution in [0.15, 0.2) is 158 Å². The third kappa shape index (κ3) is 4.40. The van der Waals surface area contributed by atoms with Crippen molar-refractivity contribution < 1.29 is 0 Å². The third-order valence-corrected chi connectivity index (χ3v) is 11.4. The number of hydrogen-bond acceptors (Lipinski definition) is 4. The lowest BCUT2D eigenvalue weighted by Crippen LogP contribution is -2.07. The van der Waals surface area contributed by atoms with E-state index in [1.54, 1.807) is 0 Å². The van der Waals surface area contributed by atoms with Crippen molar-refractivity contribution in [1.82, 2.24) is 24.1 Å². The summed E-state index contributed by atoms with van der Waals surface area (Å²) in [5, 5.41) is 7.05. The van der Waals surface area contributed by atoms with Crippen molar-refractivity contribution in [3.63, 3.8) is 0 Å². The van der Waals surface area contributed by atoms with E-state index in [9.17, 15) is 0 Å². The highest BCUT2D eigenvalue weighted by Gasteiger charge is 2.23. The Morgan fingerprint density at radius 1 is 0.491 bits per heavy atom. The average molecular weight is 695 g/mol. The molecule has 4 heterocycles. The lowest BCUT2D eigenvalue weighted by molar-refractivity contribution is 0.952. The highest BCUT2D eigenvalue weighted by Crippen LogP contribution is 2.44. The first kappa shape index (κ1) is 29.6. The second-order valence-electron chi connectivity index (χ2n) is 13.1. The maximum atomic E-state index is 8.06. The molecule has 0 saturated heterocycles. The summed E-state index contributed by atoms with van der Waals surface area (Å²) < 4.78 is 6.93. The van der Waals surface area contributed by atoms with Crippen molar-refractivity contribution >= 4 is 80.8 Å². The molecule has 0 aliphatic rings. The molecule has 0 radical (unpaired) electrons. The summed E-state index contributed by atoms with van der Waals surface area (Å²) in [6.07, 6.45) is 0. The molecule has 0 atom stereocenters. The van der Waals surface area contributed by atoms with E-state index in [1.807, 2.05) is 72.0 Å². The van der Waals surface area contributed by atoms with Gasteiger partial charge in [-0.15, -0.1) is 11.3 Å². The number of hydrogen-bond donors (Lipinski definition) is 0. The van der Waals surface area contributed by atoms with Crippen molar-refractivity contribution in [3.05, 3.63) is 169 Å². The van der Waals surface area contributed by atoms with Crippen LogP contribution >= 0.6 is 11.3 Å². The van der Waals surface area contributed by atoms with Crippen molar-refractivity contribution in [3.8, 4) is 34.4 Å². The molecular weight excluding hydrogens is 669 g/mol. The van der Waals surface area contributed by atoms with Gasteiger partial charge in [0.2, 0.25) is 5.95 Å². The number of para-hydroxylation sites is 3. The quantitative estimate of drug-likeness (QED) is 0.172. The van der Waals surface area contributed by atoms with E-state index in [1.165, 1.54) is 25.6 Å². The molecule has 0 aliphatic heterocycles. The Morgan fingerprint density at radius 3 is 1.79 bits per heavy atom. The Kier molecular flexibility index (Phi) is 6.38. The molecule has 0 bridgehead atoms. The lowest BCUT2D eigenvalue weighted by atomic mass is 10.1. The SMILES string of the molecule is [C-]#[N+]c1ccc(-n2c3ccccc3c3ccc4c5ccccc5sc4c32)c(-c2nc(-c3ccccc3)nc(-n3c4ccccc4c4ccccc43)n2)c1. The normalized spacial score (nSPS) is 11.8. The first-order valence-electron chi connectivity index (χ1n) is 17.4. The van der Waals surface area contributed by atoms with Gasteiger partial charge in [0.15, 0.2) is 17.3 Å². The Balaban J connectivity index is 1.26. The zero-order valence-corrected chi connectivity index (χ0v) is 28.9. The van der Waals surface area contributed by atoms with E-state index in [-0.39, 0.29) is 0 Å². The van der Waals surface area contributed by atoms with Gasteiger partial charge in [-0.3, -0.25) is 4.57 Å². The largest absolute Gasteiger partial charge is 0.307 e. The molecular formula is C46H26N6S. The summed E-state index contributed by atoms with van der Waals surface area (Å²) in [7, 11) is 0. The van der Waals surface area contributed by atoms with Gasteiger partial charge in [0.05, 0.1) is 39.0 Å². The van der Waals surface area contributed by atoms with Crippen LogP contribution in [0, 0.1) is 6.57 Å². The minimum Gasteiger partial charge on any atom is -0.307 e. The van der Waals surface area contributed by atoms with Crippen LogP contribution in [0.3, 0.4) is 0 Å². The second-order valence-corrected chi connectivity index (χ2v) is 14.2. The minimum absolute atomic E-state index is 0.491. The fourth-order valence-corrected chi connectivity index (χ4v) is 9.13. The maximum Gasteiger partial charge on any atom is 0.238 e. The number of benzene rings is 7. The van der Waals surface area contributed by atoms with Crippen molar-refractivity contribution in [2.75, 3.05) is 0 Å². The molecule has 0 N–H and O–H groups in total. The van der Waals surface area contributed by atoms with Crippen molar-refractivity contribution in [2.45, 2.75) is 0 Å². The molecule has 0 unspecified atom stereocenters. The summed E-state index contributed by atoms with van der Waals surface area (Å²) in [4.78, 5) is 19.5. The van der Waals surface area contributed by atoms with E-state index < -0.39 is 0 Å². The Morgan fingerprint density at radius 2 is 1.08 bits per heavy atom. The van der Waals surface area contributed by atoms with Crippen LogP contribution in [-0.4, -0.2) is 24.1 Å². The van der Waals surface area contributed by atoms with Crippen LogP contribution in [0.5, 0.6) is 0 Å². The average Bonchev–Trinajstić information content (AvgIpc) is 3.89. The van der Waals surface area contributed by atoms with E-state index in [0.717, 1.165) is 55.0 Å². The zero-order chi connectivity index (χ0) is 35.0. The summed E-state index contributed by atoms with van der Waals surface area (Å²) >= 11 is 1.81. The predicted molar refractivity (Wildman–Crippen MR) is 219 cm³/mol. The monoisotopic (exact) mass is 694 g/mol. The molecule has 0 amide bonds. The molecule has 11 rings (SSSR count). The summed E-state index contributed by atoms with van der Waals surface area (Å²) in [5.74, 6) is 1.56. The highest BCUT2D eigenvalue weighted by atomic mass is 32.1. The molecule has 11 aromatic rings. The maximum absolute atomic E-state index is 8.06. The number of aromatic nitrogens is 5. The summed E-state index contributed by atoms with van der Waals surface area (Å²) in [5.41, 5.74) is 7.25.